The van der Waals surface area contributed by atoms with Crippen LogP contribution in [0.1, 0.15) is 79.5 Å². The van der Waals surface area contributed by atoms with Gasteiger partial charge in [0.25, 0.3) is 0 Å². The number of hydrogen-bond acceptors (Lipinski definition) is 1. The Bertz CT molecular complexity index is 173. The molecule has 0 heterocycles. The first-order valence-electron chi connectivity index (χ1n) is 7.37. The van der Waals surface area contributed by atoms with Crippen molar-refractivity contribution in [2.24, 2.45) is 0 Å². The van der Waals surface area contributed by atoms with Crippen molar-refractivity contribution in [3.63, 3.8) is 0 Å². The third-order valence-corrected chi connectivity index (χ3v) is 2.80. The van der Waals surface area contributed by atoms with Gasteiger partial charge in [0.05, 0.1) is 12.5 Å². The molecule has 0 radical (unpaired) electrons. The van der Waals surface area contributed by atoms with E-state index in [9.17, 15) is 0 Å². The molecule has 0 aromatic carbocycles. The summed E-state index contributed by atoms with van der Waals surface area (Å²) in [5.74, 6) is 0. The molecular formula is C16H31LiO. The van der Waals surface area contributed by atoms with Crippen molar-refractivity contribution in [2.45, 2.75) is 78.1 Å². The number of unbranched alkanes of at least 4 members (excludes halogenated alkanes) is 8. The average Bonchev–Trinajstić information content (AvgIpc) is 2.35. The summed E-state index contributed by atoms with van der Waals surface area (Å²) < 4.78 is 5.29. The van der Waals surface area contributed by atoms with E-state index in [2.05, 4.69) is 26.0 Å². The molecule has 0 aliphatic heterocycles. The molecule has 0 amide bonds. The van der Waals surface area contributed by atoms with Crippen LogP contribution >= 0.6 is 0 Å². The molecule has 0 N–H and O–H groups in total. The number of ether oxygens (including phenoxy) is 1. The van der Waals surface area contributed by atoms with E-state index in [1.165, 1.54) is 51.4 Å². The van der Waals surface area contributed by atoms with Gasteiger partial charge in [-0.1, -0.05) is 52.4 Å². The third-order valence-electron chi connectivity index (χ3n) is 2.80. The predicted octanol–water partition coefficient (Wildman–Crippen LogP) is 3.09. The van der Waals surface area contributed by atoms with Gasteiger partial charge in [-0.05, 0) is 37.8 Å². The van der Waals surface area contributed by atoms with Gasteiger partial charge >= 0.3 is 18.9 Å². The van der Waals surface area contributed by atoms with Crippen molar-refractivity contribution in [1.29, 1.82) is 0 Å². The van der Waals surface area contributed by atoms with Crippen LogP contribution < -0.4 is 18.9 Å². The molecule has 0 unspecified atom stereocenters. The van der Waals surface area contributed by atoms with Crippen molar-refractivity contribution >= 4 is 0 Å². The van der Waals surface area contributed by atoms with Gasteiger partial charge in [-0.2, -0.15) is 0 Å². The second-order valence-electron chi connectivity index (χ2n) is 4.58. The molecule has 0 spiro atoms. The van der Waals surface area contributed by atoms with Gasteiger partial charge in [0.1, 0.15) is 0 Å². The summed E-state index contributed by atoms with van der Waals surface area (Å²) in [6.07, 6.45) is 20.7. The molecule has 0 aromatic rings. The van der Waals surface area contributed by atoms with E-state index in [0.717, 1.165) is 12.8 Å². The Morgan fingerprint density at radius 2 is 1.17 bits per heavy atom. The van der Waals surface area contributed by atoms with E-state index in [0.29, 0.717) is 0 Å². The Morgan fingerprint density at radius 3 is 1.56 bits per heavy atom. The van der Waals surface area contributed by atoms with Crippen LogP contribution in [0.15, 0.2) is 24.7 Å². The SMILES string of the molecule is CCCCCCC=COC=CCCCCCC.[H-].[Li+]. The van der Waals surface area contributed by atoms with Crippen LogP contribution in [0.4, 0.5) is 0 Å². The third kappa shape index (κ3) is 18.2. The molecule has 0 aliphatic rings. The van der Waals surface area contributed by atoms with Crippen LogP contribution in [-0.4, -0.2) is 0 Å². The number of hydrogen-bond donors (Lipinski definition) is 0. The van der Waals surface area contributed by atoms with Gasteiger partial charge in [0, 0.05) is 0 Å². The molecule has 0 rings (SSSR count). The quantitative estimate of drug-likeness (QED) is 0.292. The van der Waals surface area contributed by atoms with Gasteiger partial charge in [0.15, 0.2) is 0 Å². The first-order chi connectivity index (χ1) is 8.41. The Kier molecular flexibility index (Phi) is 21.6. The van der Waals surface area contributed by atoms with Crippen molar-refractivity contribution in [3.8, 4) is 0 Å². The van der Waals surface area contributed by atoms with E-state index < -0.39 is 0 Å². The molecule has 0 fully saturated rings. The summed E-state index contributed by atoms with van der Waals surface area (Å²) in [5, 5.41) is 0. The summed E-state index contributed by atoms with van der Waals surface area (Å²) in [5.41, 5.74) is 0. The first kappa shape index (κ1) is 20.2. The van der Waals surface area contributed by atoms with E-state index >= 15 is 0 Å². The molecule has 102 valence electrons. The molecule has 0 saturated carbocycles. The summed E-state index contributed by atoms with van der Waals surface area (Å²) in [6, 6.07) is 0. The number of rotatable bonds is 12. The largest absolute Gasteiger partial charge is 1.00 e. The monoisotopic (exact) mass is 246 g/mol. The first-order valence-corrected chi connectivity index (χ1v) is 7.37. The smallest absolute Gasteiger partial charge is 1.00 e. The fourth-order valence-electron chi connectivity index (χ4n) is 1.67. The predicted molar refractivity (Wildman–Crippen MR) is 78.0 cm³/mol. The fourth-order valence-corrected chi connectivity index (χ4v) is 1.67. The molecule has 18 heavy (non-hydrogen) atoms. The van der Waals surface area contributed by atoms with Crippen LogP contribution in [-0.2, 0) is 4.74 Å². The maximum Gasteiger partial charge on any atom is 1.00 e. The molecule has 0 atom stereocenters. The summed E-state index contributed by atoms with van der Waals surface area (Å²) in [7, 11) is 0. The second kappa shape index (κ2) is 19.2. The van der Waals surface area contributed by atoms with Gasteiger partial charge < -0.3 is 6.16 Å². The van der Waals surface area contributed by atoms with Crippen molar-refractivity contribution in [1.82, 2.24) is 0 Å². The minimum Gasteiger partial charge on any atom is -1.00 e. The Morgan fingerprint density at radius 1 is 0.722 bits per heavy atom. The standard InChI is InChI=1S/C16H30O.Li.H/c1-3-5-7-9-11-13-15-17-16-14-12-10-8-6-4-2;;/h13-16H,3-12H2,1-2H3;;/q;+1;-1. The normalized spacial score (nSPS) is 11.0. The van der Waals surface area contributed by atoms with Crippen LogP contribution in [0.25, 0.3) is 0 Å². The summed E-state index contributed by atoms with van der Waals surface area (Å²) >= 11 is 0. The molecular weight excluding hydrogens is 215 g/mol. The molecule has 0 aliphatic carbocycles. The molecule has 2 heteroatoms. The van der Waals surface area contributed by atoms with Crippen LogP contribution in [0.2, 0.25) is 0 Å². The van der Waals surface area contributed by atoms with Crippen LogP contribution in [0, 0.1) is 0 Å². The van der Waals surface area contributed by atoms with Gasteiger partial charge in [-0.3, -0.25) is 0 Å². The van der Waals surface area contributed by atoms with Crippen molar-refractivity contribution in [2.75, 3.05) is 0 Å². The zero-order valence-corrected chi connectivity index (χ0v) is 12.8. The van der Waals surface area contributed by atoms with E-state index in [1.54, 1.807) is 0 Å². The Hall–Kier alpha value is -0.123. The van der Waals surface area contributed by atoms with Crippen molar-refractivity contribution < 1.29 is 25.0 Å². The minimum absolute atomic E-state index is 0. The summed E-state index contributed by atoms with van der Waals surface area (Å²) in [4.78, 5) is 0. The minimum atomic E-state index is 0. The molecule has 0 bridgehead atoms. The topological polar surface area (TPSA) is 9.23 Å². The van der Waals surface area contributed by atoms with E-state index in [-0.39, 0.29) is 20.3 Å². The fraction of sp³-hybridized carbons (Fsp3) is 0.750. The summed E-state index contributed by atoms with van der Waals surface area (Å²) in [6.45, 7) is 4.48. The van der Waals surface area contributed by atoms with Gasteiger partial charge in [0.2, 0.25) is 0 Å². The molecule has 0 saturated heterocycles. The maximum atomic E-state index is 5.29. The zero-order valence-electron chi connectivity index (χ0n) is 13.8. The van der Waals surface area contributed by atoms with Gasteiger partial charge in [-0.25, -0.2) is 0 Å². The zero-order chi connectivity index (χ0) is 12.6. The van der Waals surface area contributed by atoms with Crippen LogP contribution in [0.3, 0.4) is 0 Å². The Labute approximate surface area is 128 Å². The molecule has 0 aromatic heterocycles. The maximum absolute atomic E-state index is 5.29. The van der Waals surface area contributed by atoms with E-state index in [4.69, 9.17) is 4.74 Å². The second-order valence-corrected chi connectivity index (χ2v) is 4.58. The molecule has 1 nitrogen and oxygen atoms in total. The number of allylic oxidation sites excluding steroid dienone is 2. The van der Waals surface area contributed by atoms with E-state index in [1.807, 2.05) is 12.5 Å². The average molecular weight is 246 g/mol. The van der Waals surface area contributed by atoms with Gasteiger partial charge in [-0.15, -0.1) is 0 Å². The Balaban J connectivity index is -0.00000128. The van der Waals surface area contributed by atoms with Crippen molar-refractivity contribution in [3.05, 3.63) is 24.7 Å². The van der Waals surface area contributed by atoms with Crippen LogP contribution in [0.5, 0.6) is 0 Å².